The minimum absolute atomic E-state index is 0.0335. The first kappa shape index (κ1) is 15.4. The Labute approximate surface area is 114 Å². The summed E-state index contributed by atoms with van der Waals surface area (Å²) in [5.41, 5.74) is 1.04. The molecule has 0 bridgehead atoms. The van der Waals surface area contributed by atoms with Crippen LogP contribution in [0.5, 0.6) is 0 Å². The average Bonchev–Trinajstić information content (AvgIpc) is 2.45. The molecule has 0 radical (unpaired) electrons. The monoisotopic (exact) mass is 265 g/mol. The van der Waals surface area contributed by atoms with Gasteiger partial charge < -0.3 is 15.5 Å². The first-order valence-corrected chi connectivity index (χ1v) is 6.68. The van der Waals surface area contributed by atoms with E-state index in [-0.39, 0.29) is 12.5 Å². The molecule has 0 aliphatic heterocycles. The SMILES string of the molecule is CCCN(CC(=O)NC)c1ncc(CNCC)cn1. The van der Waals surface area contributed by atoms with Crippen LogP contribution in [0.2, 0.25) is 0 Å². The van der Waals surface area contributed by atoms with Crippen molar-refractivity contribution in [1.82, 2.24) is 20.6 Å². The normalized spacial score (nSPS) is 10.3. The van der Waals surface area contributed by atoms with Crippen LogP contribution in [0.4, 0.5) is 5.95 Å². The van der Waals surface area contributed by atoms with E-state index in [4.69, 9.17) is 0 Å². The second-order valence-electron chi connectivity index (χ2n) is 4.27. The van der Waals surface area contributed by atoms with E-state index >= 15 is 0 Å². The van der Waals surface area contributed by atoms with Crippen LogP contribution in [0.3, 0.4) is 0 Å². The Balaban J connectivity index is 2.70. The number of hydrogen-bond acceptors (Lipinski definition) is 5. The minimum Gasteiger partial charge on any atom is -0.358 e. The fourth-order valence-corrected chi connectivity index (χ4v) is 1.64. The number of carbonyl (C=O) groups excluding carboxylic acids is 1. The molecule has 0 atom stereocenters. The molecule has 0 fully saturated rings. The summed E-state index contributed by atoms with van der Waals surface area (Å²) in [6, 6.07) is 0. The van der Waals surface area contributed by atoms with Crippen molar-refractivity contribution in [3.05, 3.63) is 18.0 Å². The average molecular weight is 265 g/mol. The molecule has 0 saturated heterocycles. The van der Waals surface area contributed by atoms with Gasteiger partial charge in [0, 0.05) is 38.1 Å². The maximum Gasteiger partial charge on any atom is 0.239 e. The molecule has 6 nitrogen and oxygen atoms in total. The van der Waals surface area contributed by atoms with E-state index in [0.717, 1.165) is 31.6 Å². The summed E-state index contributed by atoms with van der Waals surface area (Å²) < 4.78 is 0. The molecule has 2 N–H and O–H groups in total. The van der Waals surface area contributed by atoms with Gasteiger partial charge in [0.25, 0.3) is 0 Å². The molecule has 1 aromatic rings. The zero-order valence-corrected chi connectivity index (χ0v) is 11.9. The zero-order chi connectivity index (χ0) is 14.1. The van der Waals surface area contributed by atoms with Crippen LogP contribution in [-0.4, -0.2) is 42.6 Å². The highest BCUT2D eigenvalue weighted by atomic mass is 16.1. The Morgan fingerprint density at radius 3 is 2.53 bits per heavy atom. The lowest BCUT2D eigenvalue weighted by Crippen LogP contribution is -2.37. The van der Waals surface area contributed by atoms with Gasteiger partial charge in [-0.1, -0.05) is 13.8 Å². The number of nitrogens with zero attached hydrogens (tertiary/aromatic N) is 3. The van der Waals surface area contributed by atoms with Crippen LogP contribution >= 0.6 is 0 Å². The van der Waals surface area contributed by atoms with Crippen molar-refractivity contribution in [2.24, 2.45) is 0 Å². The molecular formula is C13H23N5O. The van der Waals surface area contributed by atoms with Gasteiger partial charge in [-0.05, 0) is 13.0 Å². The third-order valence-corrected chi connectivity index (χ3v) is 2.66. The molecule has 1 amide bonds. The van der Waals surface area contributed by atoms with Crippen molar-refractivity contribution in [3.8, 4) is 0 Å². The second-order valence-corrected chi connectivity index (χ2v) is 4.27. The quantitative estimate of drug-likeness (QED) is 0.718. The predicted octanol–water partition coefficient (Wildman–Crippen LogP) is 0.549. The van der Waals surface area contributed by atoms with Crippen LogP contribution in [0.25, 0.3) is 0 Å². The number of carbonyl (C=O) groups is 1. The van der Waals surface area contributed by atoms with Crippen molar-refractivity contribution in [1.29, 1.82) is 0 Å². The van der Waals surface area contributed by atoms with Crippen molar-refractivity contribution < 1.29 is 4.79 Å². The Morgan fingerprint density at radius 1 is 1.32 bits per heavy atom. The number of anilines is 1. The zero-order valence-electron chi connectivity index (χ0n) is 11.9. The molecule has 1 rings (SSSR count). The maximum atomic E-state index is 11.5. The standard InChI is InChI=1S/C13H23N5O/c1-4-6-18(10-12(19)14-3)13-16-8-11(9-17-13)7-15-5-2/h8-9,15H,4-7,10H2,1-3H3,(H,14,19). The van der Waals surface area contributed by atoms with Gasteiger partial charge in [0.1, 0.15) is 0 Å². The van der Waals surface area contributed by atoms with E-state index in [0.29, 0.717) is 5.95 Å². The molecule has 1 heterocycles. The third-order valence-electron chi connectivity index (χ3n) is 2.66. The summed E-state index contributed by atoms with van der Waals surface area (Å²) in [7, 11) is 1.63. The summed E-state index contributed by atoms with van der Waals surface area (Å²) in [5, 5.41) is 5.84. The van der Waals surface area contributed by atoms with E-state index in [1.807, 2.05) is 4.90 Å². The molecule has 19 heavy (non-hydrogen) atoms. The van der Waals surface area contributed by atoms with Gasteiger partial charge in [0.2, 0.25) is 11.9 Å². The number of likely N-dealkylation sites (N-methyl/N-ethyl adjacent to an activating group) is 1. The van der Waals surface area contributed by atoms with Gasteiger partial charge in [-0.3, -0.25) is 4.79 Å². The fraction of sp³-hybridized carbons (Fsp3) is 0.615. The number of aromatic nitrogens is 2. The molecule has 1 aromatic heterocycles. The lowest BCUT2D eigenvalue weighted by Gasteiger charge is -2.20. The topological polar surface area (TPSA) is 70.2 Å². The highest BCUT2D eigenvalue weighted by Gasteiger charge is 2.12. The molecule has 0 aliphatic carbocycles. The minimum atomic E-state index is -0.0335. The van der Waals surface area contributed by atoms with Crippen molar-refractivity contribution in [2.45, 2.75) is 26.8 Å². The van der Waals surface area contributed by atoms with Crippen LogP contribution in [0, 0.1) is 0 Å². The molecule has 106 valence electrons. The fourth-order valence-electron chi connectivity index (χ4n) is 1.64. The molecular weight excluding hydrogens is 242 g/mol. The number of rotatable bonds is 8. The van der Waals surface area contributed by atoms with E-state index in [1.54, 1.807) is 19.4 Å². The molecule has 0 spiro atoms. The van der Waals surface area contributed by atoms with Crippen LogP contribution in [0.15, 0.2) is 12.4 Å². The van der Waals surface area contributed by atoms with E-state index < -0.39 is 0 Å². The summed E-state index contributed by atoms with van der Waals surface area (Å²) in [4.78, 5) is 22.0. The smallest absolute Gasteiger partial charge is 0.239 e. The highest BCUT2D eigenvalue weighted by Crippen LogP contribution is 2.07. The molecule has 0 aromatic carbocycles. The van der Waals surface area contributed by atoms with E-state index in [1.165, 1.54) is 0 Å². The van der Waals surface area contributed by atoms with Crippen LogP contribution in [-0.2, 0) is 11.3 Å². The first-order valence-electron chi connectivity index (χ1n) is 6.68. The maximum absolute atomic E-state index is 11.5. The Kier molecular flexibility index (Phi) is 6.81. The molecule has 6 heteroatoms. The number of nitrogens with one attached hydrogen (secondary N) is 2. The van der Waals surface area contributed by atoms with E-state index in [2.05, 4.69) is 34.4 Å². The summed E-state index contributed by atoms with van der Waals surface area (Å²) in [6.07, 6.45) is 4.55. The lowest BCUT2D eigenvalue weighted by atomic mass is 10.3. The van der Waals surface area contributed by atoms with Crippen molar-refractivity contribution in [2.75, 3.05) is 31.6 Å². The lowest BCUT2D eigenvalue weighted by molar-refractivity contribution is -0.119. The molecule has 0 aliphatic rings. The first-order chi connectivity index (χ1) is 9.21. The predicted molar refractivity (Wildman–Crippen MR) is 76.0 cm³/mol. The summed E-state index contributed by atoms with van der Waals surface area (Å²) in [6.45, 7) is 6.86. The number of hydrogen-bond donors (Lipinski definition) is 2. The van der Waals surface area contributed by atoms with Crippen molar-refractivity contribution in [3.63, 3.8) is 0 Å². The van der Waals surface area contributed by atoms with Gasteiger partial charge >= 0.3 is 0 Å². The van der Waals surface area contributed by atoms with Gasteiger partial charge in [-0.2, -0.15) is 0 Å². The Morgan fingerprint density at radius 2 is 2.00 bits per heavy atom. The Bertz CT molecular complexity index is 379. The van der Waals surface area contributed by atoms with Crippen molar-refractivity contribution >= 4 is 11.9 Å². The third kappa shape index (κ3) is 5.21. The van der Waals surface area contributed by atoms with Gasteiger partial charge in [-0.15, -0.1) is 0 Å². The number of amides is 1. The van der Waals surface area contributed by atoms with Gasteiger partial charge in [-0.25, -0.2) is 9.97 Å². The van der Waals surface area contributed by atoms with Gasteiger partial charge in [0.05, 0.1) is 6.54 Å². The Hall–Kier alpha value is -1.69. The highest BCUT2D eigenvalue weighted by molar-refractivity contribution is 5.80. The largest absolute Gasteiger partial charge is 0.358 e. The van der Waals surface area contributed by atoms with E-state index in [9.17, 15) is 4.79 Å². The van der Waals surface area contributed by atoms with Gasteiger partial charge in [0.15, 0.2) is 0 Å². The molecule has 0 unspecified atom stereocenters. The van der Waals surface area contributed by atoms with Crippen LogP contribution in [0.1, 0.15) is 25.8 Å². The summed E-state index contributed by atoms with van der Waals surface area (Å²) in [5.74, 6) is 0.569. The summed E-state index contributed by atoms with van der Waals surface area (Å²) >= 11 is 0. The molecule has 0 saturated carbocycles. The van der Waals surface area contributed by atoms with Crippen LogP contribution < -0.4 is 15.5 Å². The second kappa shape index (κ2) is 8.42.